The van der Waals surface area contributed by atoms with E-state index in [4.69, 9.17) is 0 Å². The van der Waals surface area contributed by atoms with Crippen LogP contribution in [0.2, 0.25) is 0 Å². The molecular formula is C13H17NO5. The predicted molar refractivity (Wildman–Crippen MR) is 66.5 cm³/mol. The third-order valence-corrected chi connectivity index (χ3v) is 2.54. The summed E-state index contributed by atoms with van der Waals surface area (Å²) in [6.45, 7) is 3.28. The number of Topliss-reactive ketones (excluding diaryl/α,β-unsaturated/α-hetero) is 1. The van der Waals surface area contributed by atoms with Crippen molar-refractivity contribution in [2.45, 2.75) is 32.5 Å². The molecule has 0 amide bonds. The van der Waals surface area contributed by atoms with Gasteiger partial charge in [-0.3, -0.25) is 14.6 Å². The van der Waals surface area contributed by atoms with Crippen molar-refractivity contribution in [3.8, 4) is 0 Å². The summed E-state index contributed by atoms with van der Waals surface area (Å²) in [6, 6.07) is 2.95. The van der Waals surface area contributed by atoms with E-state index in [1.54, 1.807) is 6.92 Å². The maximum Gasteiger partial charge on any atom is 0.308 e. The van der Waals surface area contributed by atoms with Gasteiger partial charge in [0.1, 0.15) is 6.10 Å². The summed E-state index contributed by atoms with van der Waals surface area (Å²) in [6.07, 6.45) is -1.59. The molecule has 1 aromatic rings. The minimum Gasteiger partial charge on any atom is -0.466 e. The average Bonchev–Trinajstić information content (AvgIpc) is 2.38. The van der Waals surface area contributed by atoms with Gasteiger partial charge in [-0.05, 0) is 26.0 Å². The van der Waals surface area contributed by atoms with Gasteiger partial charge >= 0.3 is 5.97 Å². The highest BCUT2D eigenvalue weighted by Gasteiger charge is 2.23. The molecule has 19 heavy (non-hydrogen) atoms. The second kappa shape index (κ2) is 6.96. The summed E-state index contributed by atoms with van der Waals surface area (Å²) < 4.78 is 4.67. The fraction of sp³-hybridized carbons (Fsp3) is 0.462. The molecule has 2 N–H and O–H groups in total. The van der Waals surface area contributed by atoms with Crippen LogP contribution in [0.1, 0.15) is 42.4 Å². The first-order valence-corrected chi connectivity index (χ1v) is 5.94. The summed E-state index contributed by atoms with van der Waals surface area (Å²) in [4.78, 5) is 26.1. The van der Waals surface area contributed by atoms with Gasteiger partial charge in [-0.25, -0.2) is 0 Å². The van der Waals surface area contributed by atoms with Crippen LogP contribution in [0.5, 0.6) is 0 Å². The SMILES string of the molecule is CCOC(=O)CC(O)C(O)c1ccc(C(C)=O)cn1. The van der Waals surface area contributed by atoms with Crippen LogP contribution in [0, 0.1) is 0 Å². The van der Waals surface area contributed by atoms with E-state index in [-0.39, 0.29) is 24.5 Å². The van der Waals surface area contributed by atoms with Crippen LogP contribution in [-0.4, -0.2) is 39.7 Å². The highest BCUT2D eigenvalue weighted by molar-refractivity contribution is 5.93. The number of hydrogen-bond donors (Lipinski definition) is 2. The number of ether oxygens (including phenoxy) is 1. The molecule has 0 aliphatic carbocycles. The van der Waals surface area contributed by atoms with E-state index in [9.17, 15) is 19.8 Å². The molecule has 1 heterocycles. The van der Waals surface area contributed by atoms with E-state index < -0.39 is 18.2 Å². The van der Waals surface area contributed by atoms with Crippen molar-refractivity contribution in [3.05, 3.63) is 29.6 Å². The Labute approximate surface area is 111 Å². The number of rotatable bonds is 6. The van der Waals surface area contributed by atoms with E-state index in [0.717, 1.165) is 0 Å². The molecule has 0 radical (unpaired) electrons. The van der Waals surface area contributed by atoms with Gasteiger partial charge < -0.3 is 14.9 Å². The number of nitrogens with zero attached hydrogens (tertiary/aromatic N) is 1. The Balaban J connectivity index is 2.68. The Bertz CT molecular complexity index is 443. The number of aromatic nitrogens is 1. The number of aliphatic hydroxyl groups excluding tert-OH is 2. The zero-order chi connectivity index (χ0) is 14.4. The first-order chi connectivity index (χ1) is 8.95. The normalized spacial score (nSPS) is 13.7. The lowest BCUT2D eigenvalue weighted by atomic mass is 10.1. The first kappa shape index (κ1) is 15.3. The second-order valence-corrected chi connectivity index (χ2v) is 4.05. The summed E-state index contributed by atoms with van der Waals surface area (Å²) >= 11 is 0. The molecule has 1 rings (SSSR count). The monoisotopic (exact) mass is 267 g/mol. The Morgan fingerprint density at radius 2 is 2.05 bits per heavy atom. The molecule has 0 aliphatic heterocycles. The number of esters is 1. The van der Waals surface area contributed by atoms with Crippen LogP contribution in [-0.2, 0) is 9.53 Å². The van der Waals surface area contributed by atoms with Gasteiger partial charge in [-0.15, -0.1) is 0 Å². The molecule has 2 unspecified atom stereocenters. The molecular weight excluding hydrogens is 250 g/mol. The highest BCUT2D eigenvalue weighted by Crippen LogP contribution is 2.17. The molecule has 0 aromatic carbocycles. The van der Waals surface area contributed by atoms with Crippen LogP contribution in [0.25, 0.3) is 0 Å². The summed E-state index contributed by atoms with van der Waals surface area (Å²) in [7, 11) is 0. The zero-order valence-electron chi connectivity index (χ0n) is 10.9. The Morgan fingerprint density at radius 3 is 2.53 bits per heavy atom. The Hall–Kier alpha value is -1.79. The van der Waals surface area contributed by atoms with Gasteiger partial charge in [0.05, 0.1) is 24.8 Å². The van der Waals surface area contributed by atoms with Gasteiger partial charge in [0.15, 0.2) is 5.78 Å². The number of aliphatic hydroxyl groups is 2. The van der Waals surface area contributed by atoms with E-state index >= 15 is 0 Å². The average molecular weight is 267 g/mol. The maximum atomic E-state index is 11.2. The molecule has 104 valence electrons. The van der Waals surface area contributed by atoms with Gasteiger partial charge in [0.25, 0.3) is 0 Å². The zero-order valence-corrected chi connectivity index (χ0v) is 10.9. The molecule has 0 saturated carbocycles. The van der Waals surface area contributed by atoms with Crippen molar-refractivity contribution in [3.63, 3.8) is 0 Å². The quantitative estimate of drug-likeness (QED) is 0.579. The van der Waals surface area contributed by atoms with Gasteiger partial charge in [0, 0.05) is 11.8 Å². The smallest absolute Gasteiger partial charge is 0.308 e. The van der Waals surface area contributed by atoms with Crippen molar-refractivity contribution in [1.82, 2.24) is 4.98 Å². The third-order valence-electron chi connectivity index (χ3n) is 2.54. The molecule has 6 heteroatoms. The third kappa shape index (κ3) is 4.42. The molecule has 0 bridgehead atoms. The standard InChI is InChI=1S/C13H17NO5/c1-3-19-12(17)6-11(16)13(18)10-5-4-9(7-14-10)8(2)15/h4-5,7,11,13,16,18H,3,6H2,1-2H3. The highest BCUT2D eigenvalue weighted by atomic mass is 16.5. The fourth-order valence-electron chi connectivity index (χ4n) is 1.49. The van der Waals surface area contributed by atoms with E-state index in [2.05, 4.69) is 9.72 Å². The fourth-order valence-corrected chi connectivity index (χ4v) is 1.49. The van der Waals surface area contributed by atoms with Crippen molar-refractivity contribution >= 4 is 11.8 Å². The van der Waals surface area contributed by atoms with Gasteiger partial charge in [0.2, 0.25) is 0 Å². The number of ketones is 1. The lowest BCUT2D eigenvalue weighted by Gasteiger charge is -2.16. The summed E-state index contributed by atoms with van der Waals surface area (Å²) in [5, 5.41) is 19.5. The van der Waals surface area contributed by atoms with E-state index in [1.807, 2.05) is 0 Å². The van der Waals surface area contributed by atoms with Crippen LogP contribution in [0.3, 0.4) is 0 Å². The largest absolute Gasteiger partial charge is 0.466 e. The molecule has 0 fully saturated rings. The Morgan fingerprint density at radius 1 is 1.37 bits per heavy atom. The Kier molecular flexibility index (Phi) is 5.59. The van der Waals surface area contributed by atoms with Crippen LogP contribution >= 0.6 is 0 Å². The summed E-state index contributed by atoms with van der Waals surface area (Å²) in [5.41, 5.74) is 0.609. The minimum atomic E-state index is -1.30. The molecule has 6 nitrogen and oxygen atoms in total. The molecule has 2 atom stereocenters. The number of carbonyl (C=O) groups is 2. The van der Waals surface area contributed by atoms with Gasteiger partial charge in [-0.2, -0.15) is 0 Å². The maximum absolute atomic E-state index is 11.2. The number of carbonyl (C=O) groups excluding carboxylic acids is 2. The molecule has 0 aliphatic rings. The van der Waals surface area contributed by atoms with E-state index in [0.29, 0.717) is 5.56 Å². The van der Waals surface area contributed by atoms with Crippen LogP contribution in [0.4, 0.5) is 0 Å². The van der Waals surface area contributed by atoms with Gasteiger partial charge in [-0.1, -0.05) is 0 Å². The van der Waals surface area contributed by atoms with Crippen molar-refractivity contribution < 1.29 is 24.5 Å². The minimum absolute atomic E-state index is 0.138. The number of pyridine rings is 1. The molecule has 1 aromatic heterocycles. The van der Waals surface area contributed by atoms with E-state index in [1.165, 1.54) is 25.3 Å². The second-order valence-electron chi connectivity index (χ2n) is 4.05. The lowest BCUT2D eigenvalue weighted by molar-refractivity contribution is -0.147. The number of hydrogen-bond acceptors (Lipinski definition) is 6. The first-order valence-electron chi connectivity index (χ1n) is 5.94. The predicted octanol–water partition coefficient (Wildman–Crippen LogP) is 0.632. The van der Waals surface area contributed by atoms with Crippen molar-refractivity contribution in [1.29, 1.82) is 0 Å². The van der Waals surface area contributed by atoms with Crippen LogP contribution in [0.15, 0.2) is 18.3 Å². The molecule has 0 spiro atoms. The summed E-state index contributed by atoms with van der Waals surface area (Å²) in [5.74, 6) is -0.727. The van der Waals surface area contributed by atoms with Crippen LogP contribution < -0.4 is 0 Å². The topological polar surface area (TPSA) is 96.7 Å². The van der Waals surface area contributed by atoms with Crippen molar-refractivity contribution in [2.75, 3.05) is 6.61 Å². The van der Waals surface area contributed by atoms with Crippen molar-refractivity contribution in [2.24, 2.45) is 0 Å². The molecule has 0 saturated heterocycles. The lowest BCUT2D eigenvalue weighted by Crippen LogP contribution is -2.23.